The molecule has 0 aliphatic rings. The van der Waals surface area contributed by atoms with E-state index in [1.165, 1.54) is 26.0 Å². The summed E-state index contributed by atoms with van der Waals surface area (Å²) < 4.78 is 15.9. The molecule has 9 nitrogen and oxygen atoms in total. The van der Waals surface area contributed by atoms with Gasteiger partial charge in [0.15, 0.2) is 11.5 Å². The predicted octanol–water partition coefficient (Wildman–Crippen LogP) is 6.24. The Bertz CT molecular complexity index is 1660. The number of thioether (sulfide) groups is 1. The quantitative estimate of drug-likeness (QED) is 0.128. The number of amides is 3. The van der Waals surface area contributed by atoms with E-state index in [1.807, 2.05) is 6.07 Å². The monoisotopic (exact) mass is 611 g/mol. The third-order valence-corrected chi connectivity index (χ3v) is 7.45. The summed E-state index contributed by atoms with van der Waals surface area (Å²) in [4.78, 5) is 40.1. The van der Waals surface area contributed by atoms with Crippen LogP contribution in [0.25, 0.3) is 6.08 Å². The van der Waals surface area contributed by atoms with Crippen molar-refractivity contribution in [1.29, 1.82) is 0 Å². The molecule has 1 unspecified atom stereocenters. The van der Waals surface area contributed by atoms with Crippen LogP contribution in [0.1, 0.15) is 22.8 Å². The first-order chi connectivity index (χ1) is 21.3. The Morgan fingerprint density at radius 2 is 1.43 bits per heavy atom. The largest absolute Gasteiger partial charge is 0.497 e. The number of hydrogen-bond donors (Lipinski definition) is 3. The first kappa shape index (κ1) is 31.7. The number of anilines is 2. The first-order valence-corrected chi connectivity index (χ1v) is 14.5. The lowest BCUT2D eigenvalue weighted by molar-refractivity contribution is -0.115. The smallest absolute Gasteiger partial charge is 0.272 e. The van der Waals surface area contributed by atoms with Crippen LogP contribution in [-0.4, -0.2) is 44.3 Å². The van der Waals surface area contributed by atoms with Gasteiger partial charge in [0, 0.05) is 27.9 Å². The van der Waals surface area contributed by atoms with E-state index in [0.29, 0.717) is 39.8 Å². The molecule has 0 aliphatic heterocycles. The molecule has 0 radical (unpaired) electrons. The summed E-state index contributed by atoms with van der Waals surface area (Å²) in [6, 6.07) is 28.1. The molecule has 1 atom stereocenters. The second-order valence-corrected chi connectivity index (χ2v) is 10.9. The fourth-order valence-electron chi connectivity index (χ4n) is 4.10. The predicted molar refractivity (Wildman–Crippen MR) is 173 cm³/mol. The third-order valence-electron chi connectivity index (χ3n) is 6.36. The zero-order valence-electron chi connectivity index (χ0n) is 24.8. The van der Waals surface area contributed by atoms with Gasteiger partial charge in [-0.05, 0) is 73.2 Å². The van der Waals surface area contributed by atoms with Crippen LogP contribution in [0.15, 0.2) is 108 Å². The summed E-state index contributed by atoms with van der Waals surface area (Å²) in [6.45, 7) is 1.80. The number of rotatable bonds is 12. The molecule has 10 heteroatoms. The van der Waals surface area contributed by atoms with Crippen molar-refractivity contribution in [3.8, 4) is 17.2 Å². The summed E-state index contributed by atoms with van der Waals surface area (Å²) in [6.07, 6.45) is 1.56. The van der Waals surface area contributed by atoms with E-state index in [2.05, 4.69) is 16.0 Å². The van der Waals surface area contributed by atoms with Crippen LogP contribution in [0, 0.1) is 0 Å². The summed E-state index contributed by atoms with van der Waals surface area (Å²) in [5, 5.41) is 8.05. The molecular formula is C34H33N3O6S. The van der Waals surface area contributed by atoms with E-state index in [4.69, 9.17) is 14.2 Å². The van der Waals surface area contributed by atoms with Crippen molar-refractivity contribution in [1.82, 2.24) is 5.32 Å². The van der Waals surface area contributed by atoms with Gasteiger partial charge in [0.05, 0.1) is 26.6 Å². The second-order valence-electron chi connectivity index (χ2n) is 9.46. The van der Waals surface area contributed by atoms with E-state index in [9.17, 15) is 14.4 Å². The van der Waals surface area contributed by atoms with E-state index in [0.717, 1.165) is 4.90 Å². The van der Waals surface area contributed by atoms with Gasteiger partial charge in [0.1, 0.15) is 11.4 Å². The lowest BCUT2D eigenvalue weighted by Gasteiger charge is -2.14. The molecule has 0 aromatic heterocycles. The number of carbonyl (C=O) groups is 3. The minimum atomic E-state index is -0.532. The Balaban J connectivity index is 1.51. The molecule has 0 saturated carbocycles. The number of carbonyl (C=O) groups excluding carboxylic acids is 3. The molecule has 226 valence electrons. The average molecular weight is 612 g/mol. The Kier molecular flexibility index (Phi) is 11.0. The zero-order chi connectivity index (χ0) is 31.5. The van der Waals surface area contributed by atoms with E-state index in [-0.39, 0.29) is 11.6 Å². The summed E-state index contributed by atoms with van der Waals surface area (Å²) in [7, 11) is 4.62. The van der Waals surface area contributed by atoms with Gasteiger partial charge in [-0.15, -0.1) is 11.8 Å². The zero-order valence-corrected chi connectivity index (χ0v) is 25.6. The van der Waals surface area contributed by atoms with Crippen molar-refractivity contribution in [3.63, 3.8) is 0 Å². The van der Waals surface area contributed by atoms with Crippen LogP contribution in [-0.2, 0) is 9.59 Å². The van der Waals surface area contributed by atoms with E-state index >= 15 is 0 Å². The average Bonchev–Trinajstić information content (AvgIpc) is 3.04. The number of methoxy groups -OCH3 is 3. The SMILES string of the molecule is COc1cccc(NC(=O)C(C)Sc2cccc(NC(=O)/C(=C\c3ccc(OC)c(OC)c3)NC(=O)c3ccccc3)c2)c1. The van der Waals surface area contributed by atoms with Gasteiger partial charge in [0.25, 0.3) is 11.8 Å². The molecule has 44 heavy (non-hydrogen) atoms. The maximum absolute atomic E-state index is 13.5. The van der Waals surface area contributed by atoms with Gasteiger partial charge in [-0.1, -0.05) is 36.4 Å². The molecule has 4 aromatic carbocycles. The molecule has 0 spiro atoms. The van der Waals surface area contributed by atoms with Crippen LogP contribution in [0.3, 0.4) is 0 Å². The molecule has 4 rings (SSSR count). The Morgan fingerprint density at radius 3 is 2.14 bits per heavy atom. The fraction of sp³-hybridized carbons (Fsp3) is 0.147. The van der Waals surface area contributed by atoms with Gasteiger partial charge in [-0.3, -0.25) is 14.4 Å². The number of benzene rings is 4. The summed E-state index contributed by atoms with van der Waals surface area (Å²) in [5.41, 5.74) is 2.16. The van der Waals surface area contributed by atoms with Crippen LogP contribution in [0.5, 0.6) is 17.2 Å². The number of hydrogen-bond acceptors (Lipinski definition) is 7. The molecular weight excluding hydrogens is 578 g/mol. The number of ether oxygens (including phenoxy) is 3. The normalized spacial score (nSPS) is 11.6. The minimum absolute atomic E-state index is 0.0233. The highest BCUT2D eigenvalue weighted by Gasteiger charge is 2.18. The Hall–Kier alpha value is -5.22. The molecule has 3 N–H and O–H groups in total. The third kappa shape index (κ3) is 8.65. The lowest BCUT2D eigenvalue weighted by Crippen LogP contribution is -2.30. The highest BCUT2D eigenvalue weighted by Crippen LogP contribution is 2.29. The van der Waals surface area contributed by atoms with E-state index < -0.39 is 17.1 Å². The Labute approximate surface area is 260 Å². The van der Waals surface area contributed by atoms with Crippen molar-refractivity contribution in [3.05, 3.63) is 114 Å². The van der Waals surface area contributed by atoms with Crippen LogP contribution in [0.2, 0.25) is 0 Å². The maximum Gasteiger partial charge on any atom is 0.272 e. The molecule has 0 fully saturated rings. The van der Waals surface area contributed by atoms with Crippen molar-refractivity contribution >= 4 is 46.9 Å². The van der Waals surface area contributed by atoms with Crippen molar-refractivity contribution in [2.24, 2.45) is 0 Å². The summed E-state index contributed by atoms with van der Waals surface area (Å²) in [5.74, 6) is 0.504. The topological polar surface area (TPSA) is 115 Å². The maximum atomic E-state index is 13.5. The van der Waals surface area contributed by atoms with Crippen molar-refractivity contribution in [2.45, 2.75) is 17.1 Å². The molecule has 0 saturated heterocycles. The highest BCUT2D eigenvalue weighted by molar-refractivity contribution is 8.00. The Morgan fingerprint density at radius 1 is 0.727 bits per heavy atom. The van der Waals surface area contributed by atoms with Crippen molar-refractivity contribution < 1.29 is 28.6 Å². The van der Waals surface area contributed by atoms with Crippen molar-refractivity contribution in [2.75, 3.05) is 32.0 Å². The second kappa shape index (κ2) is 15.3. The standard InChI is InChI=1S/C34H33N3O6S/c1-22(32(38)35-25-12-8-14-27(20-25)41-2)44-28-15-9-13-26(21-28)36-34(40)29(37-33(39)24-10-6-5-7-11-24)18-23-16-17-30(42-3)31(19-23)43-4/h5-22H,1-4H3,(H,35,38)(H,36,40)(H,37,39)/b29-18+. The molecule has 0 aliphatic carbocycles. The molecule has 3 amide bonds. The highest BCUT2D eigenvalue weighted by atomic mass is 32.2. The lowest BCUT2D eigenvalue weighted by atomic mass is 10.1. The molecule has 0 bridgehead atoms. The molecule has 4 aromatic rings. The van der Waals surface area contributed by atoms with Crippen LogP contribution >= 0.6 is 11.8 Å². The number of nitrogens with one attached hydrogen (secondary N) is 3. The van der Waals surface area contributed by atoms with Gasteiger partial charge >= 0.3 is 0 Å². The van der Waals surface area contributed by atoms with E-state index in [1.54, 1.807) is 111 Å². The van der Waals surface area contributed by atoms with Gasteiger partial charge in [-0.2, -0.15) is 0 Å². The first-order valence-electron chi connectivity index (χ1n) is 13.6. The fourth-order valence-corrected chi connectivity index (χ4v) is 5.03. The van der Waals surface area contributed by atoms with Crippen LogP contribution in [0.4, 0.5) is 11.4 Å². The van der Waals surface area contributed by atoms with Gasteiger partial charge < -0.3 is 30.2 Å². The van der Waals surface area contributed by atoms with Gasteiger partial charge in [0.2, 0.25) is 5.91 Å². The summed E-state index contributed by atoms with van der Waals surface area (Å²) >= 11 is 1.34. The van der Waals surface area contributed by atoms with Gasteiger partial charge in [-0.25, -0.2) is 0 Å². The molecule has 0 heterocycles. The van der Waals surface area contributed by atoms with Crippen LogP contribution < -0.4 is 30.2 Å². The minimum Gasteiger partial charge on any atom is -0.497 e.